The van der Waals surface area contributed by atoms with Crippen LogP contribution in [0.1, 0.15) is 6.42 Å². The van der Waals surface area contributed by atoms with Gasteiger partial charge in [0.05, 0.1) is 6.42 Å². The van der Waals surface area contributed by atoms with Gasteiger partial charge in [0.15, 0.2) is 0 Å². The van der Waals surface area contributed by atoms with Gasteiger partial charge in [0.25, 0.3) is 0 Å². The molecule has 0 radical (unpaired) electrons. The zero-order chi connectivity index (χ0) is 13.8. The van der Waals surface area contributed by atoms with Crippen molar-refractivity contribution < 1.29 is 18.3 Å². The Morgan fingerprint density at radius 2 is 1.94 bits per heavy atom. The van der Waals surface area contributed by atoms with Crippen LogP contribution in [0.15, 0.2) is 24.3 Å². The molecule has 0 amide bonds. The summed E-state index contributed by atoms with van der Waals surface area (Å²) in [6.07, 6.45) is -0.252. The highest BCUT2D eigenvalue weighted by Gasteiger charge is 2.18. The van der Waals surface area contributed by atoms with Crippen LogP contribution in [0, 0.1) is 0 Å². The highest BCUT2D eigenvalue weighted by Crippen LogP contribution is 2.15. The van der Waals surface area contributed by atoms with Crippen molar-refractivity contribution in [3.63, 3.8) is 0 Å². The van der Waals surface area contributed by atoms with Crippen LogP contribution < -0.4 is 4.72 Å². The first-order valence-electron chi connectivity index (χ1n) is 5.03. The van der Waals surface area contributed by atoms with Crippen molar-refractivity contribution in [2.24, 2.45) is 0 Å². The molecule has 18 heavy (non-hydrogen) atoms. The number of aliphatic carboxylic acids is 1. The Morgan fingerprint density at radius 3 is 2.44 bits per heavy atom. The fourth-order valence-corrected chi connectivity index (χ4v) is 2.17. The Morgan fingerprint density at radius 1 is 1.39 bits per heavy atom. The second kappa shape index (κ2) is 6.03. The maximum absolute atomic E-state index is 11.8. The fourth-order valence-electron chi connectivity index (χ4n) is 1.12. The molecule has 0 unspecified atom stereocenters. The van der Waals surface area contributed by atoms with Crippen LogP contribution in [0.3, 0.4) is 0 Å². The molecule has 0 aliphatic carbocycles. The number of rotatable bonds is 6. The number of anilines is 1. The number of carboxylic acids is 1. The Labute approximate surface area is 110 Å². The molecule has 0 aromatic heterocycles. The molecule has 0 heterocycles. The fraction of sp³-hybridized carbons (Fsp3) is 0.300. The van der Waals surface area contributed by atoms with Crippen molar-refractivity contribution in [1.29, 1.82) is 0 Å². The van der Waals surface area contributed by atoms with E-state index in [9.17, 15) is 13.2 Å². The van der Waals surface area contributed by atoms with Gasteiger partial charge in [0, 0.05) is 24.3 Å². The van der Waals surface area contributed by atoms with E-state index in [0.29, 0.717) is 10.7 Å². The molecule has 2 N–H and O–H groups in total. The lowest BCUT2D eigenvalue weighted by atomic mass is 10.3. The van der Waals surface area contributed by atoms with Crippen LogP contribution in [0.2, 0.25) is 5.02 Å². The van der Waals surface area contributed by atoms with Crippen LogP contribution in [0.25, 0.3) is 0 Å². The first kappa shape index (κ1) is 14.7. The molecule has 0 aliphatic rings. The van der Waals surface area contributed by atoms with Crippen molar-refractivity contribution in [3.8, 4) is 0 Å². The third-order valence-electron chi connectivity index (χ3n) is 2.14. The molecule has 0 fully saturated rings. The molecule has 6 nitrogen and oxygen atoms in total. The largest absolute Gasteiger partial charge is 0.481 e. The Kier molecular flexibility index (Phi) is 4.94. The molecule has 0 spiro atoms. The lowest BCUT2D eigenvalue weighted by Gasteiger charge is -2.17. The second-order valence-electron chi connectivity index (χ2n) is 3.58. The zero-order valence-corrected chi connectivity index (χ0v) is 11.2. The van der Waals surface area contributed by atoms with E-state index >= 15 is 0 Å². The van der Waals surface area contributed by atoms with Gasteiger partial charge >= 0.3 is 16.2 Å². The monoisotopic (exact) mass is 292 g/mol. The number of carboxylic acid groups (broad SMARTS) is 1. The summed E-state index contributed by atoms with van der Waals surface area (Å²) in [6.45, 7) is -0.0990. The van der Waals surface area contributed by atoms with E-state index in [0.717, 1.165) is 4.31 Å². The van der Waals surface area contributed by atoms with Gasteiger partial charge < -0.3 is 5.11 Å². The molecule has 0 atom stereocenters. The van der Waals surface area contributed by atoms with Gasteiger partial charge in [0.1, 0.15) is 0 Å². The van der Waals surface area contributed by atoms with E-state index in [-0.39, 0.29) is 13.0 Å². The van der Waals surface area contributed by atoms with Gasteiger partial charge in [-0.05, 0) is 24.3 Å². The summed E-state index contributed by atoms with van der Waals surface area (Å²) in [5.41, 5.74) is 0.363. The maximum atomic E-state index is 11.8. The van der Waals surface area contributed by atoms with E-state index in [1.54, 1.807) is 12.1 Å². The summed E-state index contributed by atoms with van der Waals surface area (Å²) >= 11 is 5.68. The summed E-state index contributed by atoms with van der Waals surface area (Å²) in [4.78, 5) is 10.4. The molecule has 1 rings (SSSR count). The number of benzene rings is 1. The summed E-state index contributed by atoms with van der Waals surface area (Å²) in [5, 5.41) is 8.99. The van der Waals surface area contributed by atoms with Crippen molar-refractivity contribution in [3.05, 3.63) is 29.3 Å². The number of halogens is 1. The first-order chi connectivity index (χ1) is 8.31. The summed E-state index contributed by atoms with van der Waals surface area (Å²) in [5.74, 6) is -1.05. The number of carbonyl (C=O) groups is 1. The van der Waals surface area contributed by atoms with Crippen molar-refractivity contribution in [2.45, 2.75) is 6.42 Å². The van der Waals surface area contributed by atoms with E-state index in [1.807, 2.05) is 0 Å². The third kappa shape index (κ3) is 4.52. The van der Waals surface area contributed by atoms with Gasteiger partial charge in [-0.3, -0.25) is 9.52 Å². The molecule has 0 saturated heterocycles. The minimum atomic E-state index is -3.74. The van der Waals surface area contributed by atoms with Crippen LogP contribution in [0.4, 0.5) is 5.69 Å². The third-order valence-corrected chi connectivity index (χ3v) is 3.89. The smallest absolute Gasteiger partial charge is 0.304 e. The van der Waals surface area contributed by atoms with Crippen molar-refractivity contribution >= 4 is 33.5 Å². The molecule has 0 saturated carbocycles. The average Bonchev–Trinajstić information content (AvgIpc) is 2.28. The molecule has 1 aromatic carbocycles. The lowest BCUT2D eigenvalue weighted by molar-refractivity contribution is -0.137. The number of nitrogens with one attached hydrogen (secondary N) is 1. The van der Waals surface area contributed by atoms with Crippen molar-refractivity contribution in [1.82, 2.24) is 4.31 Å². The van der Waals surface area contributed by atoms with Crippen LogP contribution in [-0.4, -0.2) is 37.4 Å². The average molecular weight is 293 g/mol. The maximum Gasteiger partial charge on any atom is 0.304 e. The minimum Gasteiger partial charge on any atom is -0.481 e. The highest BCUT2D eigenvalue weighted by molar-refractivity contribution is 7.90. The molecular weight excluding hydrogens is 280 g/mol. The predicted molar refractivity (Wildman–Crippen MR) is 68.9 cm³/mol. The summed E-state index contributed by atoms with van der Waals surface area (Å²) in [7, 11) is -2.44. The molecule has 1 aromatic rings. The number of nitrogens with zero attached hydrogens (tertiary/aromatic N) is 1. The quantitative estimate of drug-likeness (QED) is 0.830. The highest BCUT2D eigenvalue weighted by atomic mass is 35.5. The number of hydrogen-bond donors (Lipinski definition) is 2. The van der Waals surface area contributed by atoms with Gasteiger partial charge in [0.2, 0.25) is 0 Å². The Hall–Kier alpha value is -1.31. The lowest BCUT2D eigenvalue weighted by Crippen LogP contribution is -2.34. The molecule has 8 heteroatoms. The molecule has 100 valence electrons. The summed E-state index contributed by atoms with van der Waals surface area (Å²) in [6, 6.07) is 6.14. The van der Waals surface area contributed by atoms with Gasteiger partial charge in [-0.15, -0.1) is 0 Å². The van der Waals surface area contributed by atoms with Gasteiger partial charge in [-0.25, -0.2) is 0 Å². The zero-order valence-electron chi connectivity index (χ0n) is 9.63. The van der Waals surface area contributed by atoms with E-state index in [4.69, 9.17) is 16.7 Å². The topological polar surface area (TPSA) is 86.7 Å². The standard InChI is InChI=1S/C10H13ClN2O4S/c1-13(7-6-10(14)15)18(16,17)12-9-4-2-8(11)3-5-9/h2-5,12H,6-7H2,1H3,(H,14,15). The van der Waals surface area contributed by atoms with Crippen LogP contribution in [-0.2, 0) is 15.0 Å². The van der Waals surface area contributed by atoms with Crippen LogP contribution >= 0.6 is 11.6 Å². The van der Waals surface area contributed by atoms with Gasteiger partial charge in [-0.1, -0.05) is 11.6 Å². The molecule has 0 bridgehead atoms. The van der Waals surface area contributed by atoms with Crippen molar-refractivity contribution in [2.75, 3.05) is 18.3 Å². The molecular formula is C10H13ClN2O4S. The van der Waals surface area contributed by atoms with E-state index in [1.165, 1.54) is 19.2 Å². The Bertz CT molecular complexity index is 515. The van der Waals surface area contributed by atoms with E-state index < -0.39 is 16.2 Å². The minimum absolute atomic E-state index is 0.0990. The first-order valence-corrected chi connectivity index (χ1v) is 6.84. The predicted octanol–water partition coefficient (Wildman–Crippen LogP) is 1.40. The normalized spacial score (nSPS) is 11.5. The Balaban J connectivity index is 2.69. The summed E-state index contributed by atoms with van der Waals surface area (Å²) < 4.78 is 26.8. The molecule has 0 aliphatic heterocycles. The van der Waals surface area contributed by atoms with E-state index in [2.05, 4.69) is 4.72 Å². The van der Waals surface area contributed by atoms with Crippen LogP contribution in [0.5, 0.6) is 0 Å². The van der Waals surface area contributed by atoms with Gasteiger partial charge in [-0.2, -0.15) is 12.7 Å². The second-order valence-corrected chi connectivity index (χ2v) is 5.79. The number of hydrogen-bond acceptors (Lipinski definition) is 3. The SMILES string of the molecule is CN(CCC(=O)O)S(=O)(=O)Nc1ccc(Cl)cc1.